The smallest absolute Gasteiger partial charge is 0.143 e. The van der Waals surface area contributed by atoms with E-state index in [2.05, 4.69) is 48.2 Å². The quantitative estimate of drug-likeness (QED) is 0.736. The molecule has 0 unspecified atom stereocenters. The van der Waals surface area contributed by atoms with Gasteiger partial charge in [0.15, 0.2) is 0 Å². The molecule has 2 aromatic rings. The van der Waals surface area contributed by atoms with Gasteiger partial charge in [-0.1, -0.05) is 24.3 Å². The first-order valence-corrected chi connectivity index (χ1v) is 5.90. The molecule has 2 aromatic carbocycles. The van der Waals surface area contributed by atoms with Gasteiger partial charge in [0.1, 0.15) is 12.4 Å². The van der Waals surface area contributed by atoms with Gasteiger partial charge in [-0.05, 0) is 36.8 Å². The van der Waals surface area contributed by atoms with Crippen LogP contribution in [0.25, 0.3) is 0 Å². The minimum Gasteiger partial charge on any atom is -0.490 e. The number of ether oxygens (including phenoxy) is 1. The van der Waals surface area contributed by atoms with Crippen molar-refractivity contribution in [1.82, 2.24) is 0 Å². The largest absolute Gasteiger partial charge is 0.490 e. The van der Waals surface area contributed by atoms with Crippen LogP contribution in [0.3, 0.4) is 0 Å². The maximum Gasteiger partial charge on any atom is 0.143 e. The molecule has 0 fully saturated rings. The first-order valence-electron chi connectivity index (χ1n) is 5.90. The lowest BCUT2D eigenvalue weighted by molar-refractivity contribution is 0.314. The van der Waals surface area contributed by atoms with Crippen molar-refractivity contribution >= 4 is 11.4 Å². The zero-order valence-corrected chi connectivity index (χ0v) is 9.89. The second kappa shape index (κ2) is 4.13. The lowest BCUT2D eigenvalue weighted by Crippen LogP contribution is -2.28. The minimum atomic E-state index is 0.741. The Morgan fingerprint density at radius 1 is 1.06 bits per heavy atom. The van der Waals surface area contributed by atoms with Crippen LogP contribution in [-0.4, -0.2) is 13.2 Å². The molecule has 0 atom stereocenters. The van der Waals surface area contributed by atoms with E-state index >= 15 is 0 Å². The Labute approximate surface area is 101 Å². The van der Waals surface area contributed by atoms with E-state index in [-0.39, 0.29) is 0 Å². The highest BCUT2D eigenvalue weighted by atomic mass is 16.5. The molecule has 0 saturated heterocycles. The van der Waals surface area contributed by atoms with E-state index in [0.29, 0.717) is 0 Å². The van der Waals surface area contributed by atoms with Crippen molar-refractivity contribution in [2.75, 3.05) is 18.1 Å². The highest BCUT2D eigenvalue weighted by Gasteiger charge is 2.18. The maximum absolute atomic E-state index is 5.66. The average Bonchev–Trinajstić information content (AvgIpc) is 2.38. The van der Waals surface area contributed by atoms with Gasteiger partial charge in [0.2, 0.25) is 0 Å². The third-order valence-electron chi connectivity index (χ3n) is 3.04. The molecule has 1 heterocycles. The summed E-state index contributed by atoms with van der Waals surface area (Å²) in [4.78, 5) is 2.31. The van der Waals surface area contributed by atoms with Crippen LogP contribution in [-0.2, 0) is 0 Å². The summed E-state index contributed by atoms with van der Waals surface area (Å²) in [7, 11) is 0. The van der Waals surface area contributed by atoms with Crippen molar-refractivity contribution in [3.8, 4) is 5.75 Å². The number of hydrogen-bond acceptors (Lipinski definition) is 2. The summed E-state index contributed by atoms with van der Waals surface area (Å²) in [5.74, 6) is 0.972. The van der Waals surface area contributed by atoms with Gasteiger partial charge in [0, 0.05) is 5.69 Å². The molecule has 0 aliphatic carbocycles. The molecule has 0 saturated carbocycles. The highest BCUT2D eigenvalue weighted by molar-refractivity contribution is 5.70. The van der Waals surface area contributed by atoms with Crippen molar-refractivity contribution in [3.05, 3.63) is 54.1 Å². The Hall–Kier alpha value is -1.96. The van der Waals surface area contributed by atoms with Gasteiger partial charge >= 0.3 is 0 Å². The molecule has 0 amide bonds. The molecule has 0 radical (unpaired) electrons. The van der Waals surface area contributed by atoms with Crippen molar-refractivity contribution in [2.45, 2.75) is 6.92 Å². The van der Waals surface area contributed by atoms with Crippen molar-refractivity contribution < 1.29 is 4.74 Å². The van der Waals surface area contributed by atoms with E-state index in [9.17, 15) is 0 Å². The molecule has 3 rings (SSSR count). The average molecular weight is 225 g/mol. The fourth-order valence-corrected chi connectivity index (χ4v) is 2.23. The Bertz CT molecular complexity index is 536. The van der Waals surface area contributed by atoms with Crippen LogP contribution in [0.4, 0.5) is 11.4 Å². The second-order valence-corrected chi connectivity index (χ2v) is 4.31. The molecular formula is C15H15NO. The summed E-state index contributed by atoms with van der Waals surface area (Å²) in [5.41, 5.74) is 3.68. The molecule has 1 aliphatic rings. The number of rotatable bonds is 1. The molecule has 0 N–H and O–H groups in total. The Morgan fingerprint density at radius 3 is 2.82 bits per heavy atom. The third-order valence-corrected chi connectivity index (χ3v) is 3.04. The van der Waals surface area contributed by atoms with E-state index in [1.165, 1.54) is 11.3 Å². The fourth-order valence-electron chi connectivity index (χ4n) is 2.23. The summed E-state index contributed by atoms with van der Waals surface area (Å²) in [5, 5.41) is 0. The van der Waals surface area contributed by atoms with E-state index in [4.69, 9.17) is 4.74 Å². The second-order valence-electron chi connectivity index (χ2n) is 4.31. The molecule has 86 valence electrons. The van der Waals surface area contributed by atoms with Crippen LogP contribution < -0.4 is 9.64 Å². The number of fused-ring (bicyclic) bond motifs is 1. The van der Waals surface area contributed by atoms with Gasteiger partial charge in [0.05, 0.1) is 12.2 Å². The zero-order valence-electron chi connectivity index (χ0n) is 9.89. The highest BCUT2D eigenvalue weighted by Crippen LogP contribution is 2.36. The van der Waals surface area contributed by atoms with Crippen LogP contribution in [0.2, 0.25) is 0 Å². The van der Waals surface area contributed by atoms with Gasteiger partial charge in [-0.25, -0.2) is 0 Å². The van der Waals surface area contributed by atoms with Crippen molar-refractivity contribution in [2.24, 2.45) is 0 Å². The molecule has 2 heteroatoms. The summed E-state index contributed by atoms with van der Waals surface area (Å²) in [6.45, 7) is 3.77. The predicted octanol–water partition coefficient (Wildman–Crippen LogP) is 3.53. The Morgan fingerprint density at radius 2 is 1.94 bits per heavy atom. The maximum atomic E-state index is 5.66. The number of anilines is 2. The van der Waals surface area contributed by atoms with E-state index in [1.54, 1.807) is 0 Å². The summed E-state index contributed by atoms with van der Waals surface area (Å²) in [6, 6.07) is 16.8. The molecule has 0 bridgehead atoms. The number of nitrogens with zero attached hydrogens (tertiary/aromatic N) is 1. The van der Waals surface area contributed by atoms with E-state index in [1.807, 2.05) is 12.1 Å². The standard InChI is InChI=1S/C15H15NO/c1-12-5-4-6-13(11-12)16-9-10-17-15-8-3-2-7-14(15)16/h2-8,11H,9-10H2,1H3. The molecule has 0 spiro atoms. The molecule has 2 nitrogen and oxygen atoms in total. The monoisotopic (exact) mass is 225 g/mol. The van der Waals surface area contributed by atoms with Gasteiger partial charge in [-0.3, -0.25) is 0 Å². The lowest BCUT2D eigenvalue weighted by atomic mass is 10.1. The molecular weight excluding hydrogens is 210 g/mol. The first kappa shape index (κ1) is 10.2. The van der Waals surface area contributed by atoms with Crippen LogP contribution in [0.1, 0.15) is 5.56 Å². The fraction of sp³-hybridized carbons (Fsp3) is 0.200. The first-order chi connectivity index (χ1) is 8.34. The van der Waals surface area contributed by atoms with E-state index in [0.717, 1.165) is 24.6 Å². The number of para-hydroxylation sites is 2. The SMILES string of the molecule is Cc1cccc(N2CCOc3ccccc32)c1. The predicted molar refractivity (Wildman–Crippen MR) is 70.1 cm³/mol. The van der Waals surface area contributed by atoms with Crippen LogP contribution in [0, 0.1) is 6.92 Å². The normalized spacial score (nSPS) is 14.1. The number of benzene rings is 2. The summed E-state index contributed by atoms with van der Waals surface area (Å²) in [6.07, 6.45) is 0. The number of hydrogen-bond donors (Lipinski definition) is 0. The lowest BCUT2D eigenvalue weighted by Gasteiger charge is -2.31. The Balaban J connectivity index is 2.06. The van der Waals surface area contributed by atoms with Crippen LogP contribution in [0.5, 0.6) is 5.75 Å². The van der Waals surface area contributed by atoms with Crippen LogP contribution in [0.15, 0.2) is 48.5 Å². The zero-order chi connectivity index (χ0) is 11.7. The summed E-state index contributed by atoms with van der Waals surface area (Å²) >= 11 is 0. The number of aryl methyl sites for hydroxylation is 1. The van der Waals surface area contributed by atoms with Crippen molar-refractivity contribution in [3.63, 3.8) is 0 Å². The third kappa shape index (κ3) is 1.86. The van der Waals surface area contributed by atoms with Gasteiger partial charge in [-0.2, -0.15) is 0 Å². The van der Waals surface area contributed by atoms with Crippen LogP contribution >= 0.6 is 0 Å². The van der Waals surface area contributed by atoms with Crippen molar-refractivity contribution in [1.29, 1.82) is 0 Å². The molecule has 0 aromatic heterocycles. The van der Waals surface area contributed by atoms with Gasteiger partial charge in [0.25, 0.3) is 0 Å². The van der Waals surface area contributed by atoms with E-state index < -0.39 is 0 Å². The topological polar surface area (TPSA) is 12.5 Å². The summed E-state index contributed by atoms with van der Waals surface area (Å²) < 4.78 is 5.66. The minimum absolute atomic E-state index is 0.741. The Kier molecular flexibility index (Phi) is 2.48. The molecule has 17 heavy (non-hydrogen) atoms. The van der Waals surface area contributed by atoms with Gasteiger partial charge in [-0.15, -0.1) is 0 Å². The van der Waals surface area contributed by atoms with Gasteiger partial charge < -0.3 is 9.64 Å². The molecule has 1 aliphatic heterocycles.